The molecule has 0 amide bonds. The molecule has 0 aliphatic rings. The van der Waals surface area contributed by atoms with Gasteiger partial charge in [0.05, 0.1) is 6.61 Å². The van der Waals surface area contributed by atoms with Crippen molar-refractivity contribution < 1.29 is 5.11 Å². The van der Waals surface area contributed by atoms with Gasteiger partial charge in [0.2, 0.25) is 0 Å². The highest BCUT2D eigenvalue weighted by Crippen LogP contribution is 2.21. The zero-order chi connectivity index (χ0) is 10.8. The fraction of sp³-hybridized carbons (Fsp3) is 0.385. The maximum Gasteiger partial charge on any atom is 0.0833 e. The highest BCUT2D eigenvalue weighted by atomic mass is 16.3. The molecule has 0 aliphatic heterocycles. The zero-order valence-corrected chi connectivity index (χ0v) is 9.33. The Hall–Kier alpha value is -1.28. The van der Waals surface area contributed by atoms with Crippen LogP contribution in [0.25, 0.3) is 10.9 Å². The van der Waals surface area contributed by atoms with E-state index in [0.29, 0.717) is 0 Å². The van der Waals surface area contributed by atoms with Gasteiger partial charge in [-0.05, 0) is 31.5 Å². The van der Waals surface area contributed by atoms with Crippen LogP contribution in [-0.4, -0.2) is 9.67 Å². The van der Waals surface area contributed by atoms with E-state index in [9.17, 15) is 5.11 Å². The van der Waals surface area contributed by atoms with Crippen LogP contribution in [0.4, 0.5) is 0 Å². The third-order valence-electron chi connectivity index (χ3n) is 2.75. The van der Waals surface area contributed by atoms with Crippen molar-refractivity contribution >= 4 is 10.9 Å². The van der Waals surface area contributed by atoms with Crippen LogP contribution in [0.2, 0.25) is 0 Å². The van der Waals surface area contributed by atoms with E-state index in [-0.39, 0.29) is 6.61 Å². The minimum absolute atomic E-state index is 0.119. The van der Waals surface area contributed by atoms with Crippen molar-refractivity contribution in [2.24, 2.45) is 0 Å². The molecule has 0 bridgehead atoms. The Morgan fingerprint density at radius 1 is 1.27 bits per heavy atom. The molecule has 2 rings (SSSR count). The fourth-order valence-corrected chi connectivity index (χ4v) is 2.07. The van der Waals surface area contributed by atoms with Crippen molar-refractivity contribution in [2.75, 3.05) is 0 Å². The lowest BCUT2D eigenvalue weighted by Gasteiger charge is -2.07. The van der Waals surface area contributed by atoms with Crippen LogP contribution in [0.15, 0.2) is 24.3 Å². The predicted molar refractivity (Wildman–Crippen MR) is 62.9 cm³/mol. The van der Waals surface area contributed by atoms with Crippen molar-refractivity contribution in [1.29, 1.82) is 0 Å². The minimum atomic E-state index is 0.119. The summed E-state index contributed by atoms with van der Waals surface area (Å²) in [6, 6.07) is 8.51. The van der Waals surface area contributed by atoms with Gasteiger partial charge in [0.15, 0.2) is 0 Å². The molecule has 80 valence electrons. The van der Waals surface area contributed by atoms with Gasteiger partial charge < -0.3 is 9.67 Å². The first kappa shape index (κ1) is 10.2. The van der Waals surface area contributed by atoms with Gasteiger partial charge >= 0.3 is 0 Å². The molecule has 2 aromatic rings. The zero-order valence-electron chi connectivity index (χ0n) is 9.33. The topological polar surface area (TPSA) is 25.2 Å². The van der Waals surface area contributed by atoms with E-state index in [4.69, 9.17) is 0 Å². The number of aromatic nitrogens is 1. The number of benzene rings is 1. The molecule has 15 heavy (non-hydrogen) atoms. The Labute approximate surface area is 90.2 Å². The van der Waals surface area contributed by atoms with Gasteiger partial charge in [-0.15, -0.1) is 0 Å². The van der Waals surface area contributed by atoms with Crippen LogP contribution in [-0.2, 0) is 13.2 Å². The lowest BCUT2D eigenvalue weighted by molar-refractivity contribution is 0.271. The fourth-order valence-electron chi connectivity index (χ4n) is 2.07. The molecule has 0 fully saturated rings. The molecular formula is C13H17NO. The van der Waals surface area contributed by atoms with Crippen LogP contribution in [0, 0.1) is 6.92 Å². The van der Waals surface area contributed by atoms with E-state index >= 15 is 0 Å². The summed E-state index contributed by atoms with van der Waals surface area (Å²) < 4.78 is 2.20. The van der Waals surface area contributed by atoms with Gasteiger partial charge in [-0.3, -0.25) is 0 Å². The molecule has 0 atom stereocenters. The van der Waals surface area contributed by atoms with Gasteiger partial charge in [-0.25, -0.2) is 0 Å². The first-order valence-corrected chi connectivity index (χ1v) is 5.46. The molecule has 2 nitrogen and oxygen atoms in total. The Kier molecular flexibility index (Phi) is 2.78. The molecule has 0 radical (unpaired) electrons. The van der Waals surface area contributed by atoms with E-state index in [2.05, 4.69) is 42.7 Å². The van der Waals surface area contributed by atoms with Crippen LogP contribution in [0.3, 0.4) is 0 Å². The van der Waals surface area contributed by atoms with Crippen molar-refractivity contribution in [3.05, 3.63) is 35.5 Å². The summed E-state index contributed by atoms with van der Waals surface area (Å²) in [4.78, 5) is 0. The highest BCUT2D eigenvalue weighted by molar-refractivity contribution is 5.82. The standard InChI is InChI=1S/C13H17NO/c1-3-6-14-12(9-15)8-11-7-10(2)4-5-13(11)14/h4-5,7-8,15H,3,6,9H2,1-2H3. The number of nitrogens with zero attached hydrogens (tertiary/aromatic N) is 1. The second-order valence-corrected chi connectivity index (χ2v) is 4.01. The lowest BCUT2D eigenvalue weighted by atomic mass is 10.2. The quantitative estimate of drug-likeness (QED) is 0.815. The van der Waals surface area contributed by atoms with Crippen molar-refractivity contribution in [3.8, 4) is 0 Å². The largest absolute Gasteiger partial charge is 0.390 e. The normalized spacial score (nSPS) is 11.1. The van der Waals surface area contributed by atoms with Crippen molar-refractivity contribution in [1.82, 2.24) is 4.57 Å². The Morgan fingerprint density at radius 2 is 2.07 bits per heavy atom. The molecule has 0 unspecified atom stereocenters. The summed E-state index contributed by atoms with van der Waals surface area (Å²) in [5, 5.41) is 10.5. The second-order valence-electron chi connectivity index (χ2n) is 4.01. The van der Waals surface area contributed by atoms with E-state index in [1.807, 2.05) is 0 Å². The summed E-state index contributed by atoms with van der Waals surface area (Å²) >= 11 is 0. The van der Waals surface area contributed by atoms with Gasteiger partial charge in [0.25, 0.3) is 0 Å². The first-order valence-electron chi connectivity index (χ1n) is 5.46. The molecule has 1 N–H and O–H groups in total. The molecule has 1 heterocycles. The maximum absolute atomic E-state index is 9.29. The Bertz CT molecular complexity index is 471. The van der Waals surface area contributed by atoms with Crippen LogP contribution in [0.1, 0.15) is 24.6 Å². The van der Waals surface area contributed by atoms with Gasteiger partial charge in [0, 0.05) is 23.1 Å². The summed E-state index contributed by atoms with van der Waals surface area (Å²) in [6.45, 7) is 5.34. The van der Waals surface area contributed by atoms with Gasteiger partial charge in [-0.2, -0.15) is 0 Å². The van der Waals surface area contributed by atoms with Crippen LogP contribution >= 0.6 is 0 Å². The van der Waals surface area contributed by atoms with E-state index in [0.717, 1.165) is 18.7 Å². The molecule has 1 aromatic carbocycles. The van der Waals surface area contributed by atoms with Crippen molar-refractivity contribution in [2.45, 2.75) is 33.4 Å². The van der Waals surface area contributed by atoms with Crippen LogP contribution in [0.5, 0.6) is 0 Å². The number of hydrogen-bond donors (Lipinski definition) is 1. The number of rotatable bonds is 3. The van der Waals surface area contributed by atoms with Crippen LogP contribution < -0.4 is 0 Å². The van der Waals surface area contributed by atoms with Crippen molar-refractivity contribution in [3.63, 3.8) is 0 Å². The second kappa shape index (κ2) is 4.07. The molecule has 2 heteroatoms. The predicted octanol–water partition coefficient (Wildman–Crippen LogP) is 2.85. The smallest absolute Gasteiger partial charge is 0.0833 e. The first-order chi connectivity index (χ1) is 7.26. The molecule has 0 aliphatic carbocycles. The summed E-state index contributed by atoms with van der Waals surface area (Å²) in [5.74, 6) is 0. The Morgan fingerprint density at radius 3 is 2.73 bits per heavy atom. The SMILES string of the molecule is CCCn1c(CO)cc2cc(C)ccc21. The number of aliphatic hydroxyl groups excluding tert-OH is 1. The van der Waals surface area contributed by atoms with Gasteiger partial charge in [0.1, 0.15) is 0 Å². The summed E-state index contributed by atoms with van der Waals surface area (Å²) in [5.41, 5.74) is 3.50. The number of hydrogen-bond acceptors (Lipinski definition) is 1. The lowest BCUT2D eigenvalue weighted by Crippen LogP contribution is -2.01. The summed E-state index contributed by atoms with van der Waals surface area (Å²) in [7, 11) is 0. The van der Waals surface area contributed by atoms with E-state index < -0.39 is 0 Å². The highest BCUT2D eigenvalue weighted by Gasteiger charge is 2.06. The van der Waals surface area contributed by atoms with E-state index in [1.54, 1.807) is 0 Å². The number of aryl methyl sites for hydroxylation is 2. The third kappa shape index (κ3) is 1.77. The summed E-state index contributed by atoms with van der Waals surface area (Å²) in [6.07, 6.45) is 1.09. The number of fused-ring (bicyclic) bond motifs is 1. The molecule has 0 spiro atoms. The Balaban J connectivity index is 2.63. The minimum Gasteiger partial charge on any atom is -0.390 e. The van der Waals surface area contributed by atoms with E-state index in [1.165, 1.54) is 16.5 Å². The monoisotopic (exact) mass is 203 g/mol. The molecule has 0 saturated heterocycles. The maximum atomic E-state index is 9.29. The molecule has 0 saturated carbocycles. The van der Waals surface area contributed by atoms with Gasteiger partial charge in [-0.1, -0.05) is 18.6 Å². The average molecular weight is 203 g/mol. The number of aliphatic hydroxyl groups is 1. The molecular weight excluding hydrogens is 186 g/mol. The average Bonchev–Trinajstić information content (AvgIpc) is 2.56. The molecule has 1 aromatic heterocycles. The third-order valence-corrected chi connectivity index (χ3v) is 2.75.